The maximum Gasteiger partial charge on any atom is 0.328 e. The molecule has 0 saturated carbocycles. The Morgan fingerprint density at radius 3 is 2.43 bits per heavy atom. The summed E-state index contributed by atoms with van der Waals surface area (Å²) in [5.74, 6) is -1.53. The van der Waals surface area contributed by atoms with E-state index in [-0.39, 0.29) is 5.91 Å². The largest absolute Gasteiger partial charge is 0.480 e. The highest BCUT2D eigenvalue weighted by Gasteiger charge is 2.17. The van der Waals surface area contributed by atoms with E-state index in [1.54, 1.807) is 0 Å². The Hall–Kier alpha value is -1.10. The van der Waals surface area contributed by atoms with Gasteiger partial charge in [0.25, 0.3) is 0 Å². The molecule has 0 aromatic carbocycles. The molecule has 14 heavy (non-hydrogen) atoms. The van der Waals surface area contributed by atoms with Gasteiger partial charge in [0.2, 0.25) is 5.91 Å². The lowest BCUT2D eigenvalue weighted by Crippen LogP contribution is -2.43. The van der Waals surface area contributed by atoms with Gasteiger partial charge in [-0.05, 0) is 6.42 Å². The Labute approximate surface area is 83.1 Å². The van der Waals surface area contributed by atoms with Crippen molar-refractivity contribution in [2.45, 2.75) is 38.6 Å². The lowest BCUT2D eigenvalue weighted by atomic mass is 10.2. The Morgan fingerprint density at radius 2 is 2.00 bits per heavy atom. The van der Waals surface area contributed by atoms with Crippen LogP contribution in [0.25, 0.3) is 0 Å². The van der Waals surface area contributed by atoms with Gasteiger partial charge in [-0.15, -0.1) is 0 Å². The molecular weight excluding hydrogens is 186 g/mol. The van der Waals surface area contributed by atoms with Gasteiger partial charge in [-0.2, -0.15) is 0 Å². The van der Waals surface area contributed by atoms with Crippen LogP contribution in [0.15, 0.2) is 0 Å². The van der Waals surface area contributed by atoms with Crippen LogP contribution in [0.3, 0.4) is 0 Å². The standard InChI is InChI=1S/C9H17NO4/c1-2-3-4-5-8(12)10-7(6-11)9(13)14/h7,11H,2-6H2,1H3,(H,10,12)(H,13,14)/t7-/m1/s1. The Bertz CT molecular complexity index is 193. The van der Waals surface area contributed by atoms with Gasteiger partial charge < -0.3 is 15.5 Å². The fraction of sp³-hybridized carbons (Fsp3) is 0.778. The van der Waals surface area contributed by atoms with Crippen molar-refractivity contribution in [2.24, 2.45) is 0 Å². The van der Waals surface area contributed by atoms with Crippen molar-refractivity contribution >= 4 is 11.9 Å². The van der Waals surface area contributed by atoms with Crippen molar-refractivity contribution in [2.75, 3.05) is 6.61 Å². The summed E-state index contributed by atoms with van der Waals surface area (Å²) >= 11 is 0. The van der Waals surface area contributed by atoms with E-state index < -0.39 is 18.6 Å². The third kappa shape index (κ3) is 5.53. The molecule has 82 valence electrons. The summed E-state index contributed by atoms with van der Waals surface area (Å²) in [6.07, 6.45) is 3.03. The van der Waals surface area contributed by atoms with Crippen LogP contribution < -0.4 is 5.32 Å². The van der Waals surface area contributed by atoms with Crippen molar-refractivity contribution in [3.8, 4) is 0 Å². The molecule has 0 aromatic heterocycles. The molecule has 0 bridgehead atoms. The quantitative estimate of drug-likeness (QED) is 0.513. The van der Waals surface area contributed by atoms with E-state index in [1.165, 1.54) is 0 Å². The maximum atomic E-state index is 11.1. The monoisotopic (exact) mass is 203 g/mol. The molecule has 0 spiro atoms. The molecule has 5 heteroatoms. The van der Waals surface area contributed by atoms with E-state index in [9.17, 15) is 9.59 Å². The Balaban J connectivity index is 3.74. The maximum absolute atomic E-state index is 11.1. The van der Waals surface area contributed by atoms with E-state index in [4.69, 9.17) is 10.2 Å². The topological polar surface area (TPSA) is 86.6 Å². The molecular formula is C9H17NO4. The molecule has 0 rings (SSSR count). The fourth-order valence-corrected chi connectivity index (χ4v) is 0.988. The predicted molar refractivity (Wildman–Crippen MR) is 50.8 cm³/mol. The van der Waals surface area contributed by atoms with Crippen LogP contribution >= 0.6 is 0 Å². The summed E-state index contributed by atoms with van der Waals surface area (Å²) in [4.78, 5) is 21.5. The summed E-state index contributed by atoms with van der Waals surface area (Å²) in [5.41, 5.74) is 0. The smallest absolute Gasteiger partial charge is 0.328 e. The van der Waals surface area contributed by atoms with Gasteiger partial charge in [-0.25, -0.2) is 4.79 Å². The number of aliphatic hydroxyl groups excluding tert-OH is 1. The number of rotatable bonds is 7. The molecule has 3 N–H and O–H groups in total. The number of hydrogen-bond donors (Lipinski definition) is 3. The van der Waals surface area contributed by atoms with Gasteiger partial charge in [0.1, 0.15) is 6.04 Å². The average Bonchev–Trinajstić information content (AvgIpc) is 2.14. The minimum absolute atomic E-state index is 0.317. The van der Waals surface area contributed by atoms with Crippen LogP contribution in [0.2, 0.25) is 0 Å². The van der Waals surface area contributed by atoms with Gasteiger partial charge in [-0.1, -0.05) is 19.8 Å². The van der Waals surface area contributed by atoms with Crippen LogP contribution in [0.1, 0.15) is 32.6 Å². The zero-order valence-electron chi connectivity index (χ0n) is 8.32. The highest BCUT2D eigenvalue weighted by atomic mass is 16.4. The van der Waals surface area contributed by atoms with Gasteiger partial charge in [-0.3, -0.25) is 4.79 Å². The number of carbonyl (C=O) groups is 2. The Morgan fingerprint density at radius 1 is 1.36 bits per heavy atom. The zero-order valence-corrected chi connectivity index (χ0v) is 8.32. The number of carboxylic acid groups (broad SMARTS) is 1. The molecule has 0 aliphatic rings. The number of carboxylic acids is 1. The molecule has 1 atom stereocenters. The SMILES string of the molecule is CCCCCC(=O)N[C@H](CO)C(=O)O. The van der Waals surface area contributed by atoms with Gasteiger partial charge in [0.05, 0.1) is 6.61 Å². The third-order valence-electron chi connectivity index (χ3n) is 1.82. The number of hydrogen-bond acceptors (Lipinski definition) is 3. The van der Waals surface area contributed by atoms with Crippen molar-refractivity contribution in [1.29, 1.82) is 0 Å². The molecule has 0 aromatic rings. The van der Waals surface area contributed by atoms with Gasteiger partial charge in [0, 0.05) is 6.42 Å². The first-order chi connectivity index (χ1) is 6.61. The zero-order chi connectivity index (χ0) is 11.0. The van der Waals surface area contributed by atoms with Crippen molar-refractivity contribution < 1.29 is 19.8 Å². The summed E-state index contributed by atoms with van der Waals surface area (Å²) in [5, 5.41) is 19.4. The van der Waals surface area contributed by atoms with Crippen molar-refractivity contribution in [1.82, 2.24) is 5.32 Å². The lowest BCUT2D eigenvalue weighted by Gasteiger charge is -2.10. The van der Waals surface area contributed by atoms with E-state index in [1.807, 2.05) is 6.92 Å². The third-order valence-corrected chi connectivity index (χ3v) is 1.82. The first-order valence-electron chi connectivity index (χ1n) is 4.74. The molecule has 0 aliphatic carbocycles. The van der Waals surface area contributed by atoms with E-state index in [0.717, 1.165) is 19.3 Å². The van der Waals surface area contributed by atoms with Crippen LogP contribution in [0.4, 0.5) is 0 Å². The molecule has 0 radical (unpaired) electrons. The second kappa shape index (κ2) is 7.32. The number of amides is 1. The number of carbonyl (C=O) groups excluding carboxylic acids is 1. The number of unbranched alkanes of at least 4 members (excludes halogenated alkanes) is 2. The van der Waals surface area contributed by atoms with Crippen LogP contribution in [0, 0.1) is 0 Å². The first kappa shape index (κ1) is 12.9. The van der Waals surface area contributed by atoms with Gasteiger partial charge >= 0.3 is 5.97 Å². The normalized spacial score (nSPS) is 12.1. The number of aliphatic carboxylic acids is 1. The van der Waals surface area contributed by atoms with E-state index in [2.05, 4.69) is 5.32 Å². The van der Waals surface area contributed by atoms with Crippen LogP contribution in [0.5, 0.6) is 0 Å². The van der Waals surface area contributed by atoms with Crippen LogP contribution in [-0.4, -0.2) is 34.7 Å². The molecule has 1 amide bonds. The summed E-state index contributed by atoms with van der Waals surface area (Å²) in [6, 6.07) is -1.18. The predicted octanol–water partition coefficient (Wildman–Crippen LogP) is 0.128. The second-order valence-electron chi connectivity index (χ2n) is 3.10. The van der Waals surface area contributed by atoms with E-state index >= 15 is 0 Å². The Kier molecular flexibility index (Phi) is 6.74. The minimum Gasteiger partial charge on any atom is -0.480 e. The van der Waals surface area contributed by atoms with Crippen molar-refractivity contribution in [3.05, 3.63) is 0 Å². The van der Waals surface area contributed by atoms with E-state index in [0.29, 0.717) is 6.42 Å². The highest BCUT2D eigenvalue weighted by Crippen LogP contribution is 1.98. The molecule has 0 heterocycles. The molecule has 0 aliphatic heterocycles. The lowest BCUT2D eigenvalue weighted by molar-refractivity contribution is -0.142. The molecule has 0 fully saturated rings. The highest BCUT2D eigenvalue weighted by molar-refractivity contribution is 5.83. The molecule has 0 unspecified atom stereocenters. The summed E-state index contributed by atoms with van der Waals surface area (Å²) in [7, 11) is 0. The molecule has 5 nitrogen and oxygen atoms in total. The second-order valence-corrected chi connectivity index (χ2v) is 3.10. The molecule has 0 saturated heterocycles. The fourth-order valence-electron chi connectivity index (χ4n) is 0.988. The first-order valence-corrected chi connectivity index (χ1v) is 4.74. The van der Waals surface area contributed by atoms with Gasteiger partial charge in [0.15, 0.2) is 0 Å². The van der Waals surface area contributed by atoms with Crippen molar-refractivity contribution in [3.63, 3.8) is 0 Å². The van der Waals surface area contributed by atoms with Crippen LogP contribution in [-0.2, 0) is 9.59 Å². The minimum atomic E-state index is -1.21. The average molecular weight is 203 g/mol. The summed E-state index contributed by atoms with van der Waals surface area (Å²) < 4.78 is 0. The number of nitrogens with one attached hydrogen (secondary N) is 1. The number of aliphatic hydroxyl groups is 1. The summed E-state index contributed by atoms with van der Waals surface area (Å²) in [6.45, 7) is 1.44.